The molecule has 5 nitrogen and oxygen atoms in total. The Hall–Kier alpha value is -1.43. The molecule has 0 bridgehead atoms. The zero-order chi connectivity index (χ0) is 12.4. The lowest BCUT2D eigenvalue weighted by Crippen LogP contribution is -2.32. The molecule has 0 aliphatic carbocycles. The van der Waals surface area contributed by atoms with Gasteiger partial charge in [0.15, 0.2) is 0 Å². The van der Waals surface area contributed by atoms with Crippen LogP contribution in [0.1, 0.15) is 19.8 Å². The molecule has 2 aliphatic heterocycles. The Bertz CT molecular complexity index is 428. The maximum Gasteiger partial charge on any atom is 0.336 e. The highest BCUT2D eigenvalue weighted by Gasteiger charge is 2.33. The molecule has 6 heteroatoms. The summed E-state index contributed by atoms with van der Waals surface area (Å²) in [6.07, 6.45) is 1.51. The van der Waals surface area contributed by atoms with Gasteiger partial charge in [0, 0.05) is 12.0 Å². The number of rotatable bonds is 3. The Morgan fingerprint density at radius 2 is 2.35 bits per heavy atom. The van der Waals surface area contributed by atoms with E-state index in [9.17, 15) is 9.59 Å². The van der Waals surface area contributed by atoms with E-state index in [1.165, 1.54) is 11.8 Å². The number of nitrogens with zero attached hydrogens (tertiary/aromatic N) is 1. The Balaban J connectivity index is 2.27. The van der Waals surface area contributed by atoms with Crippen molar-refractivity contribution in [3.8, 4) is 0 Å². The summed E-state index contributed by atoms with van der Waals surface area (Å²) in [6.45, 7) is 2.86. The monoisotopic (exact) mass is 254 g/mol. The lowest BCUT2D eigenvalue weighted by Gasteiger charge is -2.27. The van der Waals surface area contributed by atoms with Crippen LogP contribution in [0.3, 0.4) is 0 Å². The van der Waals surface area contributed by atoms with E-state index in [4.69, 9.17) is 10.5 Å². The molecule has 0 radical (unpaired) electrons. The number of hydrogen-bond acceptors (Lipinski definition) is 5. The predicted molar refractivity (Wildman–Crippen MR) is 64.5 cm³/mol. The van der Waals surface area contributed by atoms with Crippen molar-refractivity contribution in [1.82, 2.24) is 4.90 Å². The smallest absolute Gasteiger partial charge is 0.336 e. The highest BCUT2D eigenvalue weighted by molar-refractivity contribution is 8.06. The second kappa shape index (κ2) is 4.83. The fraction of sp³-hybridized carbons (Fsp3) is 0.455. The first kappa shape index (κ1) is 12.0. The standard InChI is InChI=1S/C11H14N2O3S/c1-2-16-11(15)7-4-3-5-13-8(9(12)14)6-17-10(7)13/h6H,2-5H2,1H3,(H2,12,14). The van der Waals surface area contributed by atoms with Crippen LogP contribution in [0.25, 0.3) is 0 Å². The average molecular weight is 254 g/mol. The maximum atomic E-state index is 11.8. The second-order valence-corrected chi connectivity index (χ2v) is 4.60. The lowest BCUT2D eigenvalue weighted by atomic mass is 10.1. The van der Waals surface area contributed by atoms with E-state index in [2.05, 4.69) is 0 Å². The van der Waals surface area contributed by atoms with E-state index >= 15 is 0 Å². The van der Waals surface area contributed by atoms with Gasteiger partial charge in [0.25, 0.3) is 5.91 Å². The van der Waals surface area contributed by atoms with E-state index in [0.717, 1.165) is 18.0 Å². The van der Waals surface area contributed by atoms with Gasteiger partial charge in [0.2, 0.25) is 0 Å². The first-order chi connectivity index (χ1) is 8.15. The van der Waals surface area contributed by atoms with Crippen molar-refractivity contribution < 1.29 is 14.3 Å². The zero-order valence-electron chi connectivity index (χ0n) is 9.56. The Kier molecular flexibility index (Phi) is 3.42. The number of amides is 1. The van der Waals surface area contributed by atoms with Gasteiger partial charge in [-0.15, -0.1) is 0 Å². The van der Waals surface area contributed by atoms with Gasteiger partial charge in [-0.05, 0) is 19.8 Å². The summed E-state index contributed by atoms with van der Waals surface area (Å²) in [5.41, 5.74) is 6.40. The van der Waals surface area contributed by atoms with Crippen molar-refractivity contribution in [2.45, 2.75) is 19.8 Å². The molecule has 0 aromatic heterocycles. The second-order valence-electron chi connectivity index (χ2n) is 3.74. The molecular weight excluding hydrogens is 240 g/mol. The van der Waals surface area contributed by atoms with Gasteiger partial charge in [0.05, 0.1) is 17.2 Å². The molecule has 0 saturated carbocycles. The molecule has 0 aromatic rings. The number of hydrogen-bond donors (Lipinski definition) is 1. The third kappa shape index (κ3) is 2.17. The molecule has 0 fully saturated rings. The fourth-order valence-electron chi connectivity index (χ4n) is 1.92. The molecule has 0 saturated heterocycles. The molecule has 0 atom stereocenters. The van der Waals surface area contributed by atoms with Gasteiger partial charge < -0.3 is 15.4 Å². The van der Waals surface area contributed by atoms with E-state index in [1.807, 2.05) is 4.90 Å². The quantitative estimate of drug-likeness (QED) is 0.758. The largest absolute Gasteiger partial charge is 0.463 e. The summed E-state index contributed by atoms with van der Waals surface area (Å²) in [6, 6.07) is 0. The molecule has 1 amide bonds. The van der Waals surface area contributed by atoms with Gasteiger partial charge in [-0.25, -0.2) is 4.79 Å². The predicted octanol–water partition coefficient (Wildman–Crippen LogP) is 0.930. The highest BCUT2D eigenvalue weighted by Crippen LogP contribution is 2.40. The van der Waals surface area contributed by atoms with Crippen LogP contribution in [0.15, 0.2) is 21.7 Å². The van der Waals surface area contributed by atoms with Crippen LogP contribution in [0.5, 0.6) is 0 Å². The van der Waals surface area contributed by atoms with Crippen molar-refractivity contribution in [3.63, 3.8) is 0 Å². The number of primary amides is 1. The van der Waals surface area contributed by atoms with Crippen molar-refractivity contribution in [2.24, 2.45) is 5.73 Å². The molecule has 2 heterocycles. The van der Waals surface area contributed by atoms with Gasteiger partial charge in [0.1, 0.15) is 5.70 Å². The van der Waals surface area contributed by atoms with Crippen LogP contribution >= 0.6 is 11.8 Å². The third-order valence-corrected chi connectivity index (χ3v) is 3.69. The number of thioether (sulfide) groups is 1. The van der Waals surface area contributed by atoms with Gasteiger partial charge in [-0.1, -0.05) is 11.8 Å². The molecule has 17 heavy (non-hydrogen) atoms. The lowest BCUT2D eigenvalue weighted by molar-refractivity contribution is -0.139. The van der Waals surface area contributed by atoms with Crippen LogP contribution < -0.4 is 5.73 Å². The summed E-state index contributed by atoms with van der Waals surface area (Å²) in [5, 5.41) is 2.49. The normalized spacial score (nSPS) is 18.9. The van der Waals surface area contributed by atoms with Gasteiger partial charge in [-0.3, -0.25) is 4.79 Å². The minimum Gasteiger partial charge on any atom is -0.463 e. The first-order valence-corrected chi connectivity index (χ1v) is 6.37. The SMILES string of the molecule is CCOC(=O)C1=C2SC=C(C(N)=O)N2CCC1. The van der Waals surface area contributed by atoms with Crippen LogP contribution in [-0.4, -0.2) is 29.9 Å². The first-order valence-electron chi connectivity index (χ1n) is 5.49. The van der Waals surface area contributed by atoms with Crippen molar-refractivity contribution in [1.29, 1.82) is 0 Å². The van der Waals surface area contributed by atoms with Crippen molar-refractivity contribution >= 4 is 23.6 Å². The van der Waals surface area contributed by atoms with E-state index in [-0.39, 0.29) is 5.97 Å². The fourth-order valence-corrected chi connectivity index (χ4v) is 3.04. The third-order valence-electron chi connectivity index (χ3n) is 2.66. The van der Waals surface area contributed by atoms with Gasteiger partial charge >= 0.3 is 5.97 Å². The van der Waals surface area contributed by atoms with Crippen LogP contribution in [0, 0.1) is 0 Å². The molecule has 0 unspecified atom stereocenters. The van der Waals surface area contributed by atoms with E-state index in [0.29, 0.717) is 24.3 Å². The summed E-state index contributed by atoms with van der Waals surface area (Å²) in [7, 11) is 0. The molecule has 92 valence electrons. The number of esters is 1. The summed E-state index contributed by atoms with van der Waals surface area (Å²) < 4.78 is 5.01. The van der Waals surface area contributed by atoms with Crippen LogP contribution in [-0.2, 0) is 14.3 Å². The van der Waals surface area contributed by atoms with Crippen molar-refractivity contribution in [3.05, 3.63) is 21.7 Å². The van der Waals surface area contributed by atoms with Crippen molar-refractivity contribution in [2.75, 3.05) is 13.2 Å². The van der Waals surface area contributed by atoms with Crippen LogP contribution in [0.2, 0.25) is 0 Å². The Labute approximate surface area is 104 Å². The molecule has 0 spiro atoms. The molecule has 0 aromatic carbocycles. The number of fused-ring (bicyclic) bond motifs is 1. The van der Waals surface area contributed by atoms with E-state index in [1.54, 1.807) is 12.3 Å². The maximum absolute atomic E-state index is 11.8. The van der Waals surface area contributed by atoms with E-state index < -0.39 is 5.91 Å². The molecule has 2 aliphatic rings. The van der Waals surface area contributed by atoms with Gasteiger partial charge in [-0.2, -0.15) is 0 Å². The molecular formula is C11H14N2O3S. The summed E-state index contributed by atoms with van der Waals surface area (Å²) in [4.78, 5) is 24.8. The molecule has 2 rings (SSSR count). The number of carbonyl (C=O) groups excluding carboxylic acids is 2. The minimum absolute atomic E-state index is 0.293. The summed E-state index contributed by atoms with van der Waals surface area (Å²) in [5.74, 6) is -0.753. The number of carbonyl (C=O) groups is 2. The average Bonchev–Trinajstić information content (AvgIpc) is 2.72. The Morgan fingerprint density at radius 3 is 3.00 bits per heavy atom. The Morgan fingerprint density at radius 1 is 1.59 bits per heavy atom. The zero-order valence-corrected chi connectivity index (χ0v) is 10.4. The topological polar surface area (TPSA) is 72.6 Å². The molecule has 2 N–H and O–H groups in total. The summed E-state index contributed by atoms with van der Waals surface area (Å²) >= 11 is 1.37. The highest BCUT2D eigenvalue weighted by atomic mass is 32.2. The number of nitrogens with two attached hydrogens (primary N) is 1. The number of ether oxygens (including phenoxy) is 1. The van der Waals surface area contributed by atoms with Crippen LogP contribution in [0.4, 0.5) is 0 Å². The minimum atomic E-state index is -0.461.